The molecule has 2 N–H and O–H groups in total. The van der Waals surface area contributed by atoms with Crippen LogP contribution in [-0.4, -0.2) is 42.5 Å². The molecule has 136 valence electrons. The highest BCUT2D eigenvalue weighted by atomic mass is 16.2. The molecular formula is C17H27N7O. The van der Waals surface area contributed by atoms with Gasteiger partial charge in [0.25, 0.3) is 0 Å². The Hall–Kier alpha value is -2.22. The second-order valence-corrected chi connectivity index (χ2v) is 6.85. The third kappa shape index (κ3) is 3.89. The third-order valence-corrected chi connectivity index (χ3v) is 4.51. The molecule has 0 saturated carbocycles. The van der Waals surface area contributed by atoms with Crippen molar-refractivity contribution in [1.29, 1.82) is 0 Å². The second kappa shape index (κ2) is 7.35. The van der Waals surface area contributed by atoms with Crippen molar-refractivity contribution in [2.45, 2.75) is 71.6 Å². The van der Waals surface area contributed by atoms with Crippen LogP contribution in [0.5, 0.6) is 0 Å². The number of carbonyl (C=O) groups excluding carboxylic acids is 1. The van der Waals surface area contributed by atoms with E-state index >= 15 is 0 Å². The summed E-state index contributed by atoms with van der Waals surface area (Å²) < 4.78 is 3.78. The molecule has 0 radical (unpaired) electrons. The summed E-state index contributed by atoms with van der Waals surface area (Å²) in [5.41, 5.74) is 0. The molecule has 1 aliphatic heterocycles. The summed E-state index contributed by atoms with van der Waals surface area (Å²) in [6, 6.07) is 1.94. The Morgan fingerprint density at radius 1 is 1.40 bits per heavy atom. The van der Waals surface area contributed by atoms with E-state index in [1.807, 2.05) is 31.5 Å². The van der Waals surface area contributed by atoms with Gasteiger partial charge in [-0.25, -0.2) is 14.3 Å². The summed E-state index contributed by atoms with van der Waals surface area (Å²) in [5.74, 6) is 2.61. The minimum atomic E-state index is -0.295. The van der Waals surface area contributed by atoms with Crippen molar-refractivity contribution in [1.82, 2.24) is 29.9 Å². The Balaban J connectivity index is 1.57. The molecular weight excluding hydrogens is 318 g/mol. The van der Waals surface area contributed by atoms with Crippen LogP contribution in [0.25, 0.3) is 0 Å². The van der Waals surface area contributed by atoms with Crippen molar-refractivity contribution in [3.63, 3.8) is 0 Å². The van der Waals surface area contributed by atoms with Gasteiger partial charge in [0.05, 0.1) is 18.8 Å². The number of aromatic nitrogens is 5. The van der Waals surface area contributed by atoms with Gasteiger partial charge in [-0.05, 0) is 27.2 Å². The first kappa shape index (κ1) is 17.6. The van der Waals surface area contributed by atoms with Gasteiger partial charge < -0.3 is 10.6 Å². The fraction of sp³-hybridized carbons (Fsp3) is 0.647. The van der Waals surface area contributed by atoms with Gasteiger partial charge in [-0.2, -0.15) is 10.2 Å². The van der Waals surface area contributed by atoms with Gasteiger partial charge in [0.2, 0.25) is 5.91 Å². The molecule has 0 bridgehead atoms. The number of hydrogen-bond donors (Lipinski definition) is 2. The van der Waals surface area contributed by atoms with Gasteiger partial charge in [-0.3, -0.25) is 4.79 Å². The Labute approximate surface area is 148 Å². The molecule has 0 spiro atoms. The van der Waals surface area contributed by atoms with Crippen LogP contribution >= 0.6 is 0 Å². The molecule has 2 atom stereocenters. The van der Waals surface area contributed by atoms with E-state index in [2.05, 4.69) is 32.7 Å². The van der Waals surface area contributed by atoms with Gasteiger partial charge in [-0.15, -0.1) is 0 Å². The number of anilines is 1. The Kier molecular flexibility index (Phi) is 5.17. The second-order valence-electron chi connectivity index (χ2n) is 6.85. The number of hydrogen-bond acceptors (Lipinski definition) is 5. The lowest BCUT2D eigenvalue weighted by molar-refractivity contribution is -0.118. The molecule has 1 aliphatic rings. The molecule has 2 aromatic rings. The van der Waals surface area contributed by atoms with E-state index in [-0.39, 0.29) is 24.0 Å². The van der Waals surface area contributed by atoms with Crippen LogP contribution in [0.1, 0.15) is 51.8 Å². The quantitative estimate of drug-likeness (QED) is 0.829. The first-order chi connectivity index (χ1) is 12.0. The van der Waals surface area contributed by atoms with E-state index in [1.54, 1.807) is 10.9 Å². The van der Waals surface area contributed by atoms with E-state index in [0.717, 1.165) is 43.3 Å². The van der Waals surface area contributed by atoms with Crippen molar-refractivity contribution in [2.24, 2.45) is 0 Å². The summed E-state index contributed by atoms with van der Waals surface area (Å²) in [6.45, 7) is 8.77. The summed E-state index contributed by atoms with van der Waals surface area (Å²) in [5, 5.41) is 15.1. The molecule has 25 heavy (non-hydrogen) atoms. The predicted molar refractivity (Wildman–Crippen MR) is 95.3 cm³/mol. The Bertz CT molecular complexity index is 733. The Morgan fingerprint density at radius 2 is 2.20 bits per heavy atom. The van der Waals surface area contributed by atoms with Crippen molar-refractivity contribution >= 4 is 11.7 Å². The third-order valence-electron chi connectivity index (χ3n) is 4.51. The molecule has 0 fully saturated rings. The average molecular weight is 345 g/mol. The van der Waals surface area contributed by atoms with Crippen LogP contribution in [0.3, 0.4) is 0 Å². The van der Waals surface area contributed by atoms with E-state index in [0.29, 0.717) is 0 Å². The van der Waals surface area contributed by atoms with Gasteiger partial charge >= 0.3 is 0 Å². The van der Waals surface area contributed by atoms with Crippen LogP contribution in [0.15, 0.2) is 12.3 Å². The number of aryl methyl sites for hydroxylation is 2. The molecule has 2 unspecified atom stereocenters. The number of fused-ring (bicyclic) bond motifs is 1. The maximum atomic E-state index is 12.5. The molecule has 3 heterocycles. The number of amides is 1. The normalized spacial score (nSPS) is 18.2. The lowest BCUT2D eigenvalue weighted by Gasteiger charge is -2.26. The van der Waals surface area contributed by atoms with Crippen LogP contribution in [-0.2, 0) is 24.2 Å². The molecule has 3 rings (SSSR count). The van der Waals surface area contributed by atoms with Crippen LogP contribution in [0.2, 0.25) is 0 Å². The van der Waals surface area contributed by atoms with Gasteiger partial charge in [-0.1, -0.05) is 6.92 Å². The monoisotopic (exact) mass is 345 g/mol. The highest BCUT2D eigenvalue weighted by Crippen LogP contribution is 2.15. The smallest absolute Gasteiger partial charge is 0.242 e. The minimum absolute atomic E-state index is 0.0546. The van der Waals surface area contributed by atoms with E-state index in [9.17, 15) is 4.79 Å². The van der Waals surface area contributed by atoms with Crippen LogP contribution < -0.4 is 10.6 Å². The van der Waals surface area contributed by atoms with Crippen LogP contribution in [0, 0.1) is 0 Å². The SMILES string of the molecule is CCc1nc2n(n1)CC(NC(C)C(=O)Nc1ccnn1C(C)C)CC2. The van der Waals surface area contributed by atoms with E-state index in [4.69, 9.17) is 0 Å². The van der Waals surface area contributed by atoms with Crippen molar-refractivity contribution < 1.29 is 4.79 Å². The number of nitrogens with zero attached hydrogens (tertiary/aromatic N) is 5. The van der Waals surface area contributed by atoms with Crippen LogP contribution in [0.4, 0.5) is 5.82 Å². The number of nitrogens with one attached hydrogen (secondary N) is 2. The lowest BCUT2D eigenvalue weighted by atomic mass is 10.1. The summed E-state index contributed by atoms with van der Waals surface area (Å²) in [6.07, 6.45) is 4.40. The average Bonchev–Trinajstić information content (AvgIpc) is 3.20. The molecule has 0 saturated heterocycles. The van der Waals surface area contributed by atoms with Crippen molar-refractivity contribution in [2.75, 3.05) is 5.32 Å². The standard InChI is InChI=1S/C17H27N7O/c1-5-14-20-15-7-6-13(10-23(15)22-14)19-12(4)17(25)21-16-8-9-18-24(16)11(2)3/h8-9,11-13,19H,5-7,10H2,1-4H3,(H,21,25). The summed E-state index contributed by atoms with van der Waals surface area (Å²) >= 11 is 0. The largest absolute Gasteiger partial charge is 0.310 e. The molecule has 2 aromatic heterocycles. The fourth-order valence-corrected chi connectivity index (χ4v) is 3.13. The fourth-order valence-electron chi connectivity index (χ4n) is 3.13. The van der Waals surface area contributed by atoms with E-state index < -0.39 is 0 Å². The number of carbonyl (C=O) groups is 1. The zero-order chi connectivity index (χ0) is 18.0. The maximum absolute atomic E-state index is 12.5. The van der Waals surface area contributed by atoms with Gasteiger partial charge in [0.15, 0.2) is 5.82 Å². The predicted octanol–water partition coefficient (Wildman–Crippen LogP) is 1.55. The highest BCUT2D eigenvalue weighted by molar-refractivity contribution is 5.93. The van der Waals surface area contributed by atoms with Crippen molar-refractivity contribution in [3.8, 4) is 0 Å². The first-order valence-corrected chi connectivity index (χ1v) is 9.01. The molecule has 8 heteroatoms. The maximum Gasteiger partial charge on any atom is 0.242 e. The van der Waals surface area contributed by atoms with E-state index in [1.165, 1.54) is 0 Å². The molecule has 0 aliphatic carbocycles. The van der Waals surface area contributed by atoms with Gasteiger partial charge in [0, 0.05) is 31.0 Å². The molecule has 8 nitrogen and oxygen atoms in total. The number of rotatable bonds is 6. The van der Waals surface area contributed by atoms with Gasteiger partial charge in [0.1, 0.15) is 11.6 Å². The Morgan fingerprint density at radius 3 is 2.92 bits per heavy atom. The lowest BCUT2D eigenvalue weighted by Crippen LogP contribution is -2.47. The zero-order valence-electron chi connectivity index (χ0n) is 15.4. The molecule has 0 aromatic carbocycles. The highest BCUT2D eigenvalue weighted by Gasteiger charge is 2.25. The topological polar surface area (TPSA) is 89.7 Å². The van der Waals surface area contributed by atoms with Crippen molar-refractivity contribution in [3.05, 3.63) is 23.9 Å². The summed E-state index contributed by atoms with van der Waals surface area (Å²) in [4.78, 5) is 17.0. The zero-order valence-corrected chi connectivity index (χ0v) is 15.4. The first-order valence-electron chi connectivity index (χ1n) is 9.01. The molecule has 1 amide bonds. The minimum Gasteiger partial charge on any atom is -0.310 e. The summed E-state index contributed by atoms with van der Waals surface area (Å²) in [7, 11) is 0.